The van der Waals surface area contributed by atoms with Crippen LogP contribution < -0.4 is 21.7 Å². The molecule has 4 atom stereocenters. The van der Waals surface area contributed by atoms with Gasteiger partial charge in [-0.3, -0.25) is 14.4 Å². The van der Waals surface area contributed by atoms with Crippen molar-refractivity contribution in [2.75, 3.05) is 6.61 Å². The fourth-order valence-corrected chi connectivity index (χ4v) is 2.93. The summed E-state index contributed by atoms with van der Waals surface area (Å²) in [6, 6.07) is -4.46. The van der Waals surface area contributed by atoms with Gasteiger partial charge in [0.2, 0.25) is 17.7 Å². The van der Waals surface area contributed by atoms with Gasteiger partial charge in [-0.1, -0.05) is 27.7 Å². The highest BCUT2D eigenvalue weighted by Crippen LogP contribution is 2.09. The molecule has 3 amide bonds. The topological polar surface area (TPSA) is 200 Å². The minimum atomic E-state index is -1.22. The van der Waals surface area contributed by atoms with Crippen LogP contribution in [0.5, 0.6) is 0 Å². The van der Waals surface area contributed by atoms with E-state index < -0.39 is 54.5 Å². The van der Waals surface area contributed by atoms with Gasteiger partial charge in [0.05, 0.1) is 12.9 Å². The molecule has 32 heavy (non-hydrogen) atoms. The van der Waals surface area contributed by atoms with E-state index in [2.05, 4.69) is 25.9 Å². The summed E-state index contributed by atoms with van der Waals surface area (Å²) in [6.45, 7) is 6.43. The van der Waals surface area contributed by atoms with Crippen LogP contribution in [0.15, 0.2) is 12.5 Å². The number of hydrogen-bond acceptors (Lipinski definition) is 7. The number of carboxylic acids is 1. The highest BCUT2D eigenvalue weighted by Gasteiger charge is 2.31. The van der Waals surface area contributed by atoms with Crippen LogP contribution in [0.2, 0.25) is 0 Å². The number of imidazole rings is 1. The van der Waals surface area contributed by atoms with E-state index in [0.29, 0.717) is 5.69 Å². The number of carbonyl (C=O) groups excluding carboxylic acids is 3. The van der Waals surface area contributed by atoms with Crippen molar-refractivity contribution in [3.8, 4) is 0 Å². The van der Waals surface area contributed by atoms with Gasteiger partial charge in [0, 0.05) is 18.3 Å². The number of aromatic amines is 1. The second-order valence-electron chi connectivity index (χ2n) is 8.39. The van der Waals surface area contributed by atoms with E-state index in [-0.39, 0.29) is 24.7 Å². The highest BCUT2D eigenvalue weighted by molar-refractivity contribution is 5.94. The predicted octanol–water partition coefficient (Wildman–Crippen LogP) is -1.49. The van der Waals surface area contributed by atoms with Crippen LogP contribution in [0.4, 0.5) is 0 Å². The predicted molar refractivity (Wildman–Crippen MR) is 115 cm³/mol. The van der Waals surface area contributed by atoms with Crippen molar-refractivity contribution in [1.29, 1.82) is 0 Å². The van der Waals surface area contributed by atoms with E-state index in [4.69, 9.17) is 10.8 Å². The van der Waals surface area contributed by atoms with E-state index in [1.165, 1.54) is 12.5 Å². The quantitative estimate of drug-likeness (QED) is 0.187. The Balaban J connectivity index is 3.03. The number of carbonyl (C=O) groups is 4. The van der Waals surface area contributed by atoms with Gasteiger partial charge in [0.15, 0.2) is 0 Å². The average molecular weight is 455 g/mol. The van der Waals surface area contributed by atoms with E-state index in [9.17, 15) is 24.3 Å². The lowest BCUT2D eigenvalue weighted by atomic mass is 10.00. The van der Waals surface area contributed by atoms with Crippen LogP contribution in [0.25, 0.3) is 0 Å². The van der Waals surface area contributed by atoms with Gasteiger partial charge in [-0.2, -0.15) is 0 Å². The summed E-state index contributed by atoms with van der Waals surface area (Å²) in [6.07, 6.45) is 3.19. The third kappa shape index (κ3) is 8.63. The second kappa shape index (κ2) is 12.8. The minimum Gasteiger partial charge on any atom is -0.480 e. The molecule has 1 aromatic rings. The summed E-state index contributed by atoms with van der Waals surface area (Å²) in [4.78, 5) is 56.1. The van der Waals surface area contributed by atoms with E-state index in [1.807, 2.05) is 13.8 Å². The molecule has 0 fully saturated rings. The average Bonchev–Trinajstić information content (AvgIpc) is 3.22. The molecule has 0 radical (unpaired) electrons. The Bertz CT molecular complexity index is 767. The van der Waals surface area contributed by atoms with Crippen LogP contribution in [0, 0.1) is 11.8 Å². The van der Waals surface area contributed by atoms with Crippen molar-refractivity contribution in [2.45, 2.75) is 64.7 Å². The number of hydrogen-bond donors (Lipinski definition) is 7. The fraction of sp³-hybridized carbons (Fsp3) is 0.650. The van der Waals surface area contributed by atoms with Crippen molar-refractivity contribution in [1.82, 2.24) is 25.9 Å². The molecule has 0 saturated carbocycles. The van der Waals surface area contributed by atoms with Gasteiger partial charge in [0.1, 0.15) is 24.2 Å². The van der Waals surface area contributed by atoms with Crippen molar-refractivity contribution < 1.29 is 29.4 Å². The van der Waals surface area contributed by atoms with E-state index in [1.54, 1.807) is 13.8 Å². The molecule has 0 bridgehead atoms. The SMILES string of the molecule is CC(C)C[C@H](NC(=O)[C@H](Cc1cnc[nH]1)NC(=O)[C@@H](N)CO)C(=O)N[C@H](C(=O)O)C(C)C. The Morgan fingerprint density at radius 2 is 1.62 bits per heavy atom. The lowest BCUT2D eigenvalue weighted by Crippen LogP contribution is -2.58. The van der Waals surface area contributed by atoms with Crippen molar-refractivity contribution >= 4 is 23.7 Å². The summed E-state index contributed by atoms with van der Waals surface area (Å²) in [7, 11) is 0. The zero-order valence-electron chi connectivity index (χ0n) is 18.8. The van der Waals surface area contributed by atoms with Gasteiger partial charge in [-0.15, -0.1) is 0 Å². The molecule has 0 unspecified atom stereocenters. The molecular formula is C20H34N6O6. The number of rotatable bonds is 13. The third-order valence-electron chi connectivity index (χ3n) is 4.72. The summed E-state index contributed by atoms with van der Waals surface area (Å²) < 4.78 is 0. The summed E-state index contributed by atoms with van der Waals surface area (Å²) in [5.74, 6) is -3.55. The molecule has 0 aliphatic heterocycles. The lowest BCUT2D eigenvalue weighted by molar-refractivity contribution is -0.143. The van der Waals surface area contributed by atoms with Gasteiger partial charge in [0.25, 0.3) is 0 Å². The van der Waals surface area contributed by atoms with Gasteiger partial charge in [-0.25, -0.2) is 9.78 Å². The number of aliphatic carboxylic acids is 1. The number of aliphatic hydroxyl groups is 1. The molecule has 8 N–H and O–H groups in total. The third-order valence-corrected chi connectivity index (χ3v) is 4.72. The van der Waals surface area contributed by atoms with Crippen LogP contribution in [0.1, 0.15) is 39.8 Å². The fourth-order valence-electron chi connectivity index (χ4n) is 2.93. The molecule has 1 aromatic heterocycles. The molecule has 0 aliphatic carbocycles. The smallest absolute Gasteiger partial charge is 0.326 e. The second-order valence-corrected chi connectivity index (χ2v) is 8.39. The Labute approximate surface area is 186 Å². The van der Waals surface area contributed by atoms with Crippen molar-refractivity contribution in [2.24, 2.45) is 17.6 Å². The summed E-state index contributed by atoms with van der Waals surface area (Å²) >= 11 is 0. The van der Waals surface area contributed by atoms with Crippen LogP contribution >= 0.6 is 0 Å². The zero-order valence-corrected chi connectivity index (χ0v) is 18.8. The van der Waals surface area contributed by atoms with Crippen molar-refractivity contribution in [3.05, 3.63) is 18.2 Å². The Morgan fingerprint density at radius 1 is 1.03 bits per heavy atom. The number of nitrogens with zero attached hydrogens (tertiary/aromatic N) is 1. The first-order valence-electron chi connectivity index (χ1n) is 10.4. The molecule has 180 valence electrons. The highest BCUT2D eigenvalue weighted by atomic mass is 16.4. The first kappa shape index (κ1) is 27.0. The van der Waals surface area contributed by atoms with Gasteiger partial charge in [-0.05, 0) is 18.3 Å². The maximum atomic E-state index is 13.0. The number of nitrogens with one attached hydrogen (secondary N) is 4. The summed E-state index contributed by atoms with van der Waals surface area (Å²) in [5, 5.41) is 26.0. The van der Waals surface area contributed by atoms with Crippen molar-refractivity contribution in [3.63, 3.8) is 0 Å². The zero-order chi connectivity index (χ0) is 24.4. The summed E-state index contributed by atoms with van der Waals surface area (Å²) in [5.41, 5.74) is 6.09. The largest absolute Gasteiger partial charge is 0.480 e. The molecule has 0 spiro atoms. The molecular weight excluding hydrogens is 420 g/mol. The van der Waals surface area contributed by atoms with E-state index >= 15 is 0 Å². The van der Waals surface area contributed by atoms with Crippen LogP contribution in [0.3, 0.4) is 0 Å². The number of H-pyrrole nitrogens is 1. The molecule has 0 saturated heterocycles. The first-order valence-corrected chi connectivity index (χ1v) is 10.4. The molecule has 0 aromatic carbocycles. The number of aromatic nitrogens is 2. The number of nitrogens with two attached hydrogens (primary N) is 1. The molecule has 0 aliphatic rings. The molecule has 12 heteroatoms. The Kier molecular flexibility index (Phi) is 10.8. The monoisotopic (exact) mass is 454 g/mol. The van der Waals surface area contributed by atoms with Gasteiger partial charge < -0.3 is 36.9 Å². The van der Waals surface area contributed by atoms with E-state index in [0.717, 1.165) is 0 Å². The molecule has 1 heterocycles. The Hall–Kier alpha value is -2.99. The molecule has 12 nitrogen and oxygen atoms in total. The normalized spacial score (nSPS) is 15.0. The maximum absolute atomic E-state index is 13.0. The maximum Gasteiger partial charge on any atom is 0.326 e. The number of amides is 3. The standard InChI is InChI=1S/C20H34N6O6/c1-10(2)5-14(19(30)26-16(11(3)4)20(31)32)25-18(29)15(6-12-7-22-9-23-12)24-17(28)13(21)8-27/h7,9-11,13-16,27H,5-6,8,21H2,1-4H3,(H,22,23)(H,24,28)(H,25,29)(H,26,30)(H,31,32)/t13-,14-,15-,16-/m0/s1. The van der Waals surface area contributed by atoms with Crippen LogP contribution in [-0.2, 0) is 25.6 Å². The number of carboxylic acid groups (broad SMARTS) is 1. The molecule has 1 rings (SSSR count). The Morgan fingerprint density at radius 3 is 2.09 bits per heavy atom. The number of aliphatic hydroxyl groups excluding tert-OH is 1. The lowest BCUT2D eigenvalue weighted by Gasteiger charge is -2.26. The van der Waals surface area contributed by atoms with Gasteiger partial charge >= 0.3 is 5.97 Å². The van der Waals surface area contributed by atoms with Crippen LogP contribution in [-0.4, -0.2) is 74.6 Å². The first-order chi connectivity index (χ1) is 15.0. The minimum absolute atomic E-state index is 0.0110.